The molecule has 0 spiro atoms. The Morgan fingerprint density at radius 1 is 1.10 bits per heavy atom. The molecule has 1 aromatic rings. The summed E-state index contributed by atoms with van der Waals surface area (Å²) in [6, 6.07) is 6.96. The Labute approximate surface area is 124 Å². The van der Waals surface area contributed by atoms with E-state index < -0.39 is 0 Å². The highest BCUT2D eigenvalue weighted by molar-refractivity contribution is 5.95. The fourth-order valence-electron chi connectivity index (χ4n) is 2.32. The average Bonchev–Trinajstić information content (AvgIpc) is 2.49. The molecule has 1 atom stereocenters. The van der Waals surface area contributed by atoms with Crippen molar-refractivity contribution in [2.45, 2.75) is 19.9 Å². The quantitative estimate of drug-likeness (QED) is 0.769. The molecule has 1 saturated heterocycles. The lowest BCUT2D eigenvalue weighted by atomic mass is 10.2. The molecule has 1 heterocycles. The van der Waals surface area contributed by atoms with Crippen molar-refractivity contribution in [3.8, 4) is 0 Å². The van der Waals surface area contributed by atoms with Crippen LogP contribution in [-0.4, -0.2) is 48.9 Å². The summed E-state index contributed by atoms with van der Waals surface area (Å²) in [4.78, 5) is 25.3. The number of nitrogens with zero attached hydrogens (tertiary/aromatic N) is 1. The Morgan fingerprint density at radius 3 is 2.14 bits per heavy atom. The van der Waals surface area contributed by atoms with E-state index in [1.807, 2.05) is 6.92 Å². The van der Waals surface area contributed by atoms with Crippen LogP contribution >= 0.6 is 0 Å². The standard InChI is InChI=1S/C15H22N4O2/c1-11(19-9-7-16-8-10-19)15(21)18-14-5-3-13(4-6-14)17-12(2)20/h3-6,11,16H,7-10H2,1-2H3,(H,17,20)(H,18,21). The first-order valence-electron chi connectivity index (χ1n) is 7.19. The molecular weight excluding hydrogens is 268 g/mol. The molecule has 0 saturated carbocycles. The Kier molecular flexibility index (Phi) is 5.30. The number of hydrogen-bond acceptors (Lipinski definition) is 4. The van der Waals surface area contributed by atoms with E-state index in [0.29, 0.717) is 0 Å². The first kappa shape index (κ1) is 15.5. The van der Waals surface area contributed by atoms with Crippen molar-refractivity contribution in [3.63, 3.8) is 0 Å². The molecule has 1 aliphatic heterocycles. The monoisotopic (exact) mass is 290 g/mol. The first-order chi connectivity index (χ1) is 10.1. The lowest BCUT2D eigenvalue weighted by Crippen LogP contribution is -2.51. The van der Waals surface area contributed by atoms with E-state index in [0.717, 1.165) is 37.6 Å². The predicted octanol–water partition coefficient (Wildman–Crippen LogP) is 0.877. The van der Waals surface area contributed by atoms with Crippen LogP contribution in [0.1, 0.15) is 13.8 Å². The zero-order valence-corrected chi connectivity index (χ0v) is 12.5. The number of anilines is 2. The van der Waals surface area contributed by atoms with Gasteiger partial charge < -0.3 is 16.0 Å². The molecule has 0 aliphatic carbocycles. The number of carbonyl (C=O) groups is 2. The van der Waals surface area contributed by atoms with Crippen LogP contribution in [0.25, 0.3) is 0 Å². The van der Waals surface area contributed by atoms with Crippen molar-refractivity contribution in [2.75, 3.05) is 36.8 Å². The summed E-state index contributed by atoms with van der Waals surface area (Å²) >= 11 is 0. The van der Waals surface area contributed by atoms with Gasteiger partial charge in [-0.15, -0.1) is 0 Å². The van der Waals surface area contributed by atoms with E-state index in [2.05, 4.69) is 20.9 Å². The Bertz CT molecular complexity index is 495. The third-order valence-electron chi connectivity index (χ3n) is 3.55. The van der Waals surface area contributed by atoms with Crippen LogP contribution in [0.5, 0.6) is 0 Å². The Morgan fingerprint density at radius 2 is 1.62 bits per heavy atom. The van der Waals surface area contributed by atoms with Crippen LogP contribution in [0.2, 0.25) is 0 Å². The van der Waals surface area contributed by atoms with Crippen molar-refractivity contribution in [1.29, 1.82) is 0 Å². The molecule has 3 N–H and O–H groups in total. The molecule has 2 amide bonds. The first-order valence-corrected chi connectivity index (χ1v) is 7.19. The molecule has 1 aliphatic rings. The van der Waals surface area contributed by atoms with Gasteiger partial charge in [0.05, 0.1) is 6.04 Å². The SMILES string of the molecule is CC(=O)Nc1ccc(NC(=O)C(C)N2CCNCC2)cc1. The van der Waals surface area contributed by atoms with Crippen LogP contribution < -0.4 is 16.0 Å². The topological polar surface area (TPSA) is 73.5 Å². The molecule has 0 radical (unpaired) electrons. The maximum atomic E-state index is 12.2. The molecule has 114 valence electrons. The maximum Gasteiger partial charge on any atom is 0.241 e. The van der Waals surface area contributed by atoms with Gasteiger partial charge in [0.2, 0.25) is 11.8 Å². The number of carbonyl (C=O) groups excluding carboxylic acids is 2. The number of hydrogen-bond donors (Lipinski definition) is 3. The Hall–Kier alpha value is -1.92. The summed E-state index contributed by atoms with van der Waals surface area (Å²) < 4.78 is 0. The van der Waals surface area contributed by atoms with Crippen molar-refractivity contribution < 1.29 is 9.59 Å². The zero-order chi connectivity index (χ0) is 15.2. The second kappa shape index (κ2) is 7.19. The van der Waals surface area contributed by atoms with Gasteiger partial charge in [0.1, 0.15) is 0 Å². The Balaban J connectivity index is 1.90. The van der Waals surface area contributed by atoms with E-state index in [9.17, 15) is 9.59 Å². The predicted molar refractivity (Wildman–Crippen MR) is 83.3 cm³/mol. The number of benzene rings is 1. The van der Waals surface area contributed by atoms with E-state index in [4.69, 9.17) is 0 Å². The van der Waals surface area contributed by atoms with Gasteiger partial charge in [0, 0.05) is 44.5 Å². The summed E-state index contributed by atoms with van der Waals surface area (Å²) in [7, 11) is 0. The molecule has 0 aromatic heterocycles. The summed E-state index contributed by atoms with van der Waals surface area (Å²) in [5.41, 5.74) is 1.45. The van der Waals surface area contributed by atoms with Gasteiger partial charge in [-0.25, -0.2) is 0 Å². The zero-order valence-electron chi connectivity index (χ0n) is 12.5. The second-order valence-electron chi connectivity index (χ2n) is 5.21. The van der Waals surface area contributed by atoms with Gasteiger partial charge in [0.25, 0.3) is 0 Å². The van der Waals surface area contributed by atoms with Gasteiger partial charge in [-0.3, -0.25) is 14.5 Å². The lowest BCUT2D eigenvalue weighted by Gasteiger charge is -2.31. The summed E-state index contributed by atoms with van der Waals surface area (Å²) in [6.45, 7) is 7.00. The van der Waals surface area contributed by atoms with Crippen LogP contribution in [0.15, 0.2) is 24.3 Å². The summed E-state index contributed by atoms with van der Waals surface area (Å²) in [5.74, 6) is -0.122. The minimum Gasteiger partial charge on any atom is -0.326 e. The van der Waals surface area contributed by atoms with E-state index in [1.54, 1.807) is 24.3 Å². The van der Waals surface area contributed by atoms with E-state index >= 15 is 0 Å². The van der Waals surface area contributed by atoms with Crippen LogP contribution in [0.3, 0.4) is 0 Å². The van der Waals surface area contributed by atoms with E-state index in [-0.39, 0.29) is 17.9 Å². The molecule has 1 unspecified atom stereocenters. The van der Waals surface area contributed by atoms with Crippen molar-refractivity contribution in [2.24, 2.45) is 0 Å². The van der Waals surface area contributed by atoms with Gasteiger partial charge in [0.15, 0.2) is 0 Å². The third kappa shape index (κ3) is 4.54. The van der Waals surface area contributed by atoms with Crippen LogP contribution in [-0.2, 0) is 9.59 Å². The van der Waals surface area contributed by atoms with Gasteiger partial charge in [-0.05, 0) is 31.2 Å². The highest BCUT2D eigenvalue weighted by Crippen LogP contribution is 2.14. The second-order valence-corrected chi connectivity index (χ2v) is 5.21. The molecular formula is C15H22N4O2. The molecule has 21 heavy (non-hydrogen) atoms. The number of rotatable bonds is 4. The third-order valence-corrected chi connectivity index (χ3v) is 3.55. The maximum absolute atomic E-state index is 12.2. The fraction of sp³-hybridized carbons (Fsp3) is 0.467. The van der Waals surface area contributed by atoms with Crippen LogP contribution in [0, 0.1) is 0 Å². The molecule has 6 nitrogen and oxygen atoms in total. The number of piperazine rings is 1. The summed E-state index contributed by atoms with van der Waals surface area (Å²) in [5, 5.41) is 8.87. The smallest absolute Gasteiger partial charge is 0.241 e. The van der Waals surface area contributed by atoms with E-state index in [1.165, 1.54) is 6.92 Å². The minimum atomic E-state index is -0.151. The largest absolute Gasteiger partial charge is 0.326 e. The molecule has 0 bridgehead atoms. The average molecular weight is 290 g/mol. The van der Waals surface area contributed by atoms with Gasteiger partial charge in [-0.2, -0.15) is 0 Å². The molecule has 1 fully saturated rings. The normalized spacial score (nSPS) is 17.0. The molecule has 6 heteroatoms. The van der Waals surface area contributed by atoms with Crippen LogP contribution in [0.4, 0.5) is 11.4 Å². The minimum absolute atomic E-state index is 0.0100. The number of amides is 2. The molecule has 2 rings (SSSR count). The number of nitrogens with one attached hydrogen (secondary N) is 3. The van der Waals surface area contributed by atoms with Gasteiger partial charge in [-0.1, -0.05) is 0 Å². The fourth-order valence-corrected chi connectivity index (χ4v) is 2.32. The van der Waals surface area contributed by atoms with Crippen molar-refractivity contribution in [1.82, 2.24) is 10.2 Å². The van der Waals surface area contributed by atoms with Crippen molar-refractivity contribution >= 4 is 23.2 Å². The highest BCUT2D eigenvalue weighted by atomic mass is 16.2. The van der Waals surface area contributed by atoms with Crippen molar-refractivity contribution in [3.05, 3.63) is 24.3 Å². The lowest BCUT2D eigenvalue weighted by molar-refractivity contribution is -0.121. The summed E-state index contributed by atoms with van der Waals surface area (Å²) in [6.07, 6.45) is 0. The molecule has 1 aromatic carbocycles. The highest BCUT2D eigenvalue weighted by Gasteiger charge is 2.22. The van der Waals surface area contributed by atoms with Gasteiger partial charge >= 0.3 is 0 Å².